The predicted molar refractivity (Wildman–Crippen MR) is 107 cm³/mol. The first-order valence-corrected chi connectivity index (χ1v) is 9.19. The molecule has 1 N–H and O–H groups in total. The van der Waals surface area contributed by atoms with Crippen molar-refractivity contribution >= 4 is 29.2 Å². The summed E-state index contributed by atoms with van der Waals surface area (Å²) in [5.41, 5.74) is 1.23. The van der Waals surface area contributed by atoms with Gasteiger partial charge in [0.25, 0.3) is 5.91 Å². The molecule has 3 rings (SSSR count). The first-order chi connectivity index (χ1) is 13.9. The summed E-state index contributed by atoms with van der Waals surface area (Å²) in [6, 6.07) is 10.5. The van der Waals surface area contributed by atoms with E-state index in [1.807, 2.05) is 4.90 Å². The van der Waals surface area contributed by atoms with E-state index in [1.165, 1.54) is 38.3 Å². The summed E-state index contributed by atoms with van der Waals surface area (Å²) < 4.78 is 18.8. The maximum Gasteiger partial charge on any atom is 0.337 e. The molecule has 0 aliphatic carbocycles. The SMILES string of the molecule is COC(=O)c1ccc(N2CCN(C(C)=O)CC2)c(NC(=O)c2ccccc2F)c1. The minimum atomic E-state index is -0.634. The molecule has 29 heavy (non-hydrogen) atoms. The highest BCUT2D eigenvalue weighted by molar-refractivity contribution is 6.07. The first kappa shape index (κ1) is 20.3. The molecule has 0 aromatic heterocycles. The quantitative estimate of drug-likeness (QED) is 0.800. The summed E-state index contributed by atoms with van der Waals surface area (Å²) in [6.45, 7) is 3.77. The van der Waals surface area contributed by atoms with Crippen LogP contribution in [0.25, 0.3) is 0 Å². The van der Waals surface area contributed by atoms with Crippen LogP contribution in [-0.4, -0.2) is 56.0 Å². The molecule has 0 spiro atoms. The van der Waals surface area contributed by atoms with Crippen LogP contribution in [0.5, 0.6) is 0 Å². The number of halogens is 1. The number of amides is 2. The number of esters is 1. The van der Waals surface area contributed by atoms with Crippen LogP contribution in [0, 0.1) is 5.82 Å². The molecule has 2 amide bonds. The Morgan fingerprint density at radius 1 is 1.03 bits per heavy atom. The van der Waals surface area contributed by atoms with Crippen molar-refractivity contribution in [2.45, 2.75) is 6.92 Å². The minimum Gasteiger partial charge on any atom is -0.465 e. The molecule has 1 heterocycles. The van der Waals surface area contributed by atoms with Crippen molar-refractivity contribution in [3.8, 4) is 0 Å². The maximum absolute atomic E-state index is 14.0. The fourth-order valence-electron chi connectivity index (χ4n) is 3.25. The van der Waals surface area contributed by atoms with E-state index < -0.39 is 17.7 Å². The molecule has 0 bridgehead atoms. The third-order valence-corrected chi connectivity index (χ3v) is 4.85. The van der Waals surface area contributed by atoms with Gasteiger partial charge in [-0.2, -0.15) is 0 Å². The maximum atomic E-state index is 14.0. The molecular formula is C21H22FN3O4. The molecule has 152 valence electrons. The molecular weight excluding hydrogens is 377 g/mol. The second kappa shape index (κ2) is 8.72. The number of carbonyl (C=O) groups excluding carboxylic acids is 3. The van der Waals surface area contributed by atoms with E-state index >= 15 is 0 Å². The lowest BCUT2D eigenvalue weighted by Gasteiger charge is -2.36. The van der Waals surface area contributed by atoms with Gasteiger partial charge in [0.15, 0.2) is 0 Å². The van der Waals surface area contributed by atoms with Crippen LogP contribution >= 0.6 is 0 Å². The van der Waals surface area contributed by atoms with Gasteiger partial charge in [-0.1, -0.05) is 12.1 Å². The van der Waals surface area contributed by atoms with Crippen LogP contribution in [0.4, 0.5) is 15.8 Å². The number of nitrogens with one attached hydrogen (secondary N) is 1. The zero-order chi connectivity index (χ0) is 21.0. The minimum absolute atomic E-state index is 0.0127. The Balaban J connectivity index is 1.90. The van der Waals surface area contributed by atoms with Gasteiger partial charge in [-0.25, -0.2) is 9.18 Å². The molecule has 0 atom stereocenters. The summed E-state index contributed by atoms with van der Waals surface area (Å²) in [5, 5.41) is 2.71. The molecule has 0 unspecified atom stereocenters. The average Bonchev–Trinajstić information content (AvgIpc) is 2.73. The summed E-state index contributed by atoms with van der Waals surface area (Å²) >= 11 is 0. The number of methoxy groups -OCH3 is 1. The van der Waals surface area contributed by atoms with Gasteiger partial charge < -0.3 is 19.9 Å². The van der Waals surface area contributed by atoms with E-state index in [0.717, 1.165) is 0 Å². The van der Waals surface area contributed by atoms with Crippen LogP contribution in [-0.2, 0) is 9.53 Å². The second-order valence-corrected chi connectivity index (χ2v) is 6.65. The summed E-state index contributed by atoms with van der Waals surface area (Å²) in [5.74, 6) is -1.78. The fraction of sp³-hybridized carbons (Fsp3) is 0.286. The number of hydrogen-bond acceptors (Lipinski definition) is 5. The Kier molecular flexibility index (Phi) is 6.11. The monoisotopic (exact) mass is 399 g/mol. The smallest absolute Gasteiger partial charge is 0.337 e. The number of rotatable bonds is 4. The summed E-state index contributed by atoms with van der Waals surface area (Å²) in [6.07, 6.45) is 0. The average molecular weight is 399 g/mol. The van der Waals surface area contributed by atoms with E-state index in [1.54, 1.807) is 23.1 Å². The van der Waals surface area contributed by atoms with Crippen molar-refractivity contribution in [3.63, 3.8) is 0 Å². The molecule has 2 aromatic carbocycles. The molecule has 1 fully saturated rings. The second-order valence-electron chi connectivity index (χ2n) is 6.65. The van der Waals surface area contributed by atoms with Crippen LogP contribution in [0.15, 0.2) is 42.5 Å². The van der Waals surface area contributed by atoms with E-state index in [0.29, 0.717) is 37.6 Å². The van der Waals surface area contributed by atoms with E-state index in [2.05, 4.69) is 5.32 Å². The van der Waals surface area contributed by atoms with Gasteiger partial charge in [-0.3, -0.25) is 9.59 Å². The lowest BCUT2D eigenvalue weighted by atomic mass is 10.1. The molecule has 0 radical (unpaired) electrons. The Labute approximate surface area is 168 Å². The third kappa shape index (κ3) is 4.53. The van der Waals surface area contributed by atoms with Gasteiger partial charge in [-0.15, -0.1) is 0 Å². The van der Waals surface area contributed by atoms with Crippen molar-refractivity contribution in [3.05, 3.63) is 59.4 Å². The van der Waals surface area contributed by atoms with Gasteiger partial charge in [0.05, 0.1) is 29.6 Å². The molecule has 2 aromatic rings. The Morgan fingerprint density at radius 2 is 1.72 bits per heavy atom. The zero-order valence-corrected chi connectivity index (χ0v) is 16.3. The Hall–Kier alpha value is -3.42. The van der Waals surface area contributed by atoms with E-state index in [-0.39, 0.29) is 17.0 Å². The van der Waals surface area contributed by atoms with Crippen molar-refractivity contribution in [1.29, 1.82) is 0 Å². The normalized spacial score (nSPS) is 13.8. The van der Waals surface area contributed by atoms with Crippen molar-refractivity contribution in [2.75, 3.05) is 43.5 Å². The van der Waals surface area contributed by atoms with E-state index in [9.17, 15) is 18.8 Å². The number of nitrogens with zero attached hydrogens (tertiary/aromatic N) is 2. The fourth-order valence-corrected chi connectivity index (χ4v) is 3.25. The largest absolute Gasteiger partial charge is 0.465 e. The van der Waals surface area contributed by atoms with Gasteiger partial charge in [0, 0.05) is 33.1 Å². The predicted octanol–water partition coefficient (Wildman–Crippen LogP) is 2.53. The highest BCUT2D eigenvalue weighted by atomic mass is 19.1. The molecule has 1 aliphatic rings. The standard InChI is InChI=1S/C21H22FN3O4/c1-14(26)24-9-11-25(12-10-24)19-8-7-15(21(28)29-2)13-18(19)23-20(27)16-5-3-4-6-17(16)22/h3-8,13H,9-12H2,1-2H3,(H,23,27). The van der Waals surface area contributed by atoms with Crippen LogP contribution in [0.2, 0.25) is 0 Å². The molecule has 1 aliphatic heterocycles. The Morgan fingerprint density at radius 3 is 2.34 bits per heavy atom. The van der Waals surface area contributed by atoms with Gasteiger partial charge in [-0.05, 0) is 30.3 Å². The van der Waals surface area contributed by atoms with Crippen molar-refractivity contribution in [1.82, 2.24) is 4.90 Å². The Bertz CT molecular complexity index is 939. The number of piperazine rings is 1. The molecule has 7 nitrogen and oxygen atoms in total. The van der Waals surface area contributed by atoms with Crippen LogP contribution in [0.3, 0.4) is 0 Å². The van der Waals surface area contributed by atoms with Crippen molar-refractivity contribution < 1.29 is 23.5 Å². The number of anilines is 2. The molecule has 0 saturated carbocycles. The zero-order valence-electron chi connectivity index (χ0n) is 16.3. The molecule has 8 heteroatoms. The van der Waals surface area contributed by atoms with Crippen LogP contribution < -0.4 is 10.2 Å². The van der Waals surface area contributed by atoms with Gasteiger partial charge in [0.2, 0.25) is 5.91 Å². The highest BCUT2D eigenvalue weighted by Gasteiger charge is 2.23. The molecule has 1 saturated heterocycles. The topological polar surface area (TPSA) is 79.0 Å². The van der Waals surface area contributed by atoms with Crippen molar-refractivity contribution in [2.24, 2.45) is 0 Å². The summed E-state index contributed by atoms with van der Waals surface area (Å²) in [7, 11) is 1.27. The third-order valence-electron chi connectivity index (χ3n) is 4.85. The number of carbonyl (C=O) groups is 3. The van der Waals surface area contributed by atoms with Gasteiger partial charge in [0.1, 0.15) is 5.82 Å². The van der Waals surface area contributed by atoms with E-state index in [4.69, 9.17) is 4.74 Å². The lowest BCUT2D eigenvalue weighted by Crippen LogP contribution is -2.48. The van der Waals surface area contributed by atoms with Crippen LogP contribution in [0.1, 0.15) is 27.6 Å². The van der Waals surface area contributed by atoms with Gasteiger partial charge >= 0.3 is 5.97 Å². The number of ether oxygens (including phenoxy) is 1. The number of hydrogen-bond donors (Lipinski definition) is 1. The summed E-state index contributed by atoms with van der Waals surface area (Å²) in [4.78, 5) is 39.9. The number of benzene rings is 2. The first-order valence-electron chi connectivity index (χ1n) is 9.19. The highest BCUT2D eigenvalue weighted by Crippen LogP contribution is 2.29. The lowest BCUT2D eigenvalue weighted by molar-refractivity contribution is -0.129.